The lowest BCUT2D eigenvalue weighted by atomic mass is 10.1. The summed E-state index contributed by atoms with van der Waals surface area (Å²) in [5.41, 5.74) is -0.504. The van der Waals surface area contributed by atoms with Gasteiger partial charge < -0.3 is 14.9 Å². The normalized spacial score (nSPS) is 12.8. The van der Waals surface area contributed by atoms with Gasteiger partial charge in [-0.25, -0.2) is 0 Å². The predicted molar refractivity (Wildman–Crippen MR) is 91.4 cm³/mol. The van der Waals surface area contributed by atoms with Crippen LogP contribution in [0.4, 0.5) is 13.2 Å². The quantitative estimate of drug-likeness (QED) is 0.656. The molecule has 0 aliphatic carbocycles. The molecule has 2 N–H and O–H groups in total. The standard InChI is InChI=1S/C16H11ClF3N3O3S/c17-12-6-5-11(27-12)14(25)21-10(7-24)15-22-13(23-26-15)8-1-3-9(4-2-8)16(18,19)20/h1-6,10,24H,7H2,(H,21,25)/t10-/m0/s1. The summed E-state index contributed by atoms with van der Waals surface area (Å²) in [6.45, 7) is -0.514. The average molecular weight is 418 g/mol. The Morgan fingerprint density at radius 2 is 1.96 bits per heavy atom. The van der Waals surface area contributed by atoms with Gasteiger partial charge in [-0.05, 0) is 24.3 Å². The predicted octanol–water partition coefficient (Wildman–Crippen LogP) is 3.93. The molecule has 6 nitrogen and oxygen atoms in total. The Kier molecular flexibility index (Phi) is 5.49. The minimum absolute atomic E-state index is 0.0330. The summed E-state index contributed by atoms with van der Waals surface area (Å²) in [4.78, 5) is 16.5. The lowest BCUT2D eigenvalue weighted by molar-refractivity contribution is -0.137. The molecule has 2 aromatic heterocycles. The number of halogens is 4. The van der Waals surface area contributed by atoms with Crippen molar-refractivity contribution in [1.82, 2.24) is 15.5 Å². The van der Waals surface area contributed by atoms with Gasteiger partial charge >= 0.3 is 6.18 Å². The van der Waals surface area contributed by atoms with Gasteiger partial charge in [-0.1, -0.05) is 28.9 Å². The number of hydrogen-bond acceptors (Lipinski definition) is 6. The fourth-order valence-corrected chi connectivity index (χ4v) is 3.10. The summed E-state index contributed by atoms with van der Waals surface area (Å²) in [6, 6.07) is 6.32. The Labute approximate surface area is 159 Å². The van der Waals surface area contributed by atoms with E-state index in [2.05, 4.69) is 15.5 Å². The molecular weight excluding hydrogens is 407 g/mol. The summed E-state index contributed by atoms with van der Waals surface area (Å²) < 4.78 is 43.3. The van der Waals surface area contributed by atoms with Crippen LogP contribution in [0.2, 0.25) is 4.34 Å². The van der Waals surface area contributed by atoms with Gasteiger partial charge in [0.1, 0.15) is 6.04 Å². The first kappa shape index (κ1) is 19.3. The third kappa shape index (κ3) is 4.46. The minimum Gasteiger partial charge on any atom is -0.394 e. The van der Waals surface area contributed by atoms with Crippen molar-refractivity contribution in [2.24, 2.45) is 0 Å². The molecule has 3 rings (SSSR count). The highest BCUT2D eigenvalue weighted by Gasteiger charge is 2.30. The Hall–Kier alpha value is -2.43. The van der Waals surface area contributed by atoms with Crippen LogP contribution in [0, 0.1) is 0 Å². The number of aromatic nitrogens is 2. The maximum absolute atomic E-state index is 12.6. The van der Waals surface area contributed by atoms with Gasteiger partial charge in [-0.15, -0.1) is 11.3 Å². The molecule has 3 aromatic rings. The second-order valence-corrected chi connectivity index (χ2v) is 7.06. The lowest BCUT2D eigenvalue weighted by Crippen LogP contribution is -2.30. The second kappa shape index (κ2) is 7.67. The lowest BCUT2D eigenvalue weighted by Gasteiger charge is -2.10. The summed E-state index contributed by atoms with van der Waals surface area (Å²) in [5, 5.41) is 15.7. The fraction of sp³-hybridized carbons (Fsp3) is 0.188. The highest BCUT2D eigenvalue weighted by Crippen LogP contribution is 2.30. The van der Waals surface area contributed by atoms with Crippen molar-refractivity contribution in [3.8, 4) is 11.4 Å². The second-order valence-electron chi connectivity index (χ2n) is 5.34. The highest BCUT2D eigenvalue weighted by atomic mass is 35.5. The topological polar surface area (TPSA) is 88.2 Å². The molecule has 142 valence electrons. The maximum atomic E-state index is 12.6. The fourth-order valence-electron chi connectivity index (χ4n) is 2.15. The average Bonchev–Trinajstić information content (AvgIpc) is 3.28. The van der Waals surface area contributed by atoms with Crippen molar-refractivity contribution >= 4 is 28.8 Å². The number of carbonyl (C=O) groups excluding carboxylic acids is 1. The van der Waals surface area contributed by atoms with E-state index in [-0.39, 0.29) is 11.7 Å². The van der Waals surface area contributed by atoms with Crippen LogP contribution in [-0.2, 0) is 6.18 Å². The third-order valence-corrected chi connectivity index (χ3v) is 4.73. The van der Waals surface area contributed by atoms with Gasteiger partial charge in [0.25, 0.3) is 11.8 Å². The van der Waals surface area contributed by atoms with Crippen LogP contribution in [0.3, 0.4) is 0 Å². The van der Waals surface area contributed by atoms with E-state index < -0.39 is 30.3 Å². The first-order valence-electron chi connectivity index (χ1n) is 7.46. The number of aliphatic hydroxyl groups is 1. The van der Waals surface area contributed by atoms with E-state index >= 15 is 0 Å². The SMILES string of the molecule is O=C(N[C@@H](CO)c1nc(-c2ccc(C(F)(F)F)cc2)no1)c1ccc(Cl)s1. The number of hydrogen-bond donors (Lipinski definition) is 2. The van der Waals surface area contributed by atoms with Crippen LogP contribution >= 0.6 is 22.9 Å². The Bertz CT molecular complexity index is 940. The van der Waals surface area contributed by atoms with Crippen LogP contribution in [0.25, 0.3) is 11.4 Å². The molecule has 1 amide bonds. The number of aliphatic hydroxyl groups excluding tert-OH is 1. The van der Waals surface area contributed by atoms with E-state index in [0.717, 1.165) is 23.5 Å². The van der Waals surface area contributed by atoms with Gasteiger partial charge in [0.2, 0.25) is 5.82 Å². The van der Waals surface area contributed by atoms with Crippen molar-refractivity contribution in [3.63, 3.8) is 0 Å². The number of nitrogens with one attached hydrogen (secondary N) is 1. The molecule has 0 aliphatic heterocycles. The highest BCUT2D eigenvalue weighted by molar-refractivity contribution is 7.18. The van der Waals surface area contributed by atoms with Gasteiger partial charge in [-0.2, -0.15) is 18.2 Å². The Morgan fingerprint density at radius 1 is 1.26 bits per heavy atom. The van der Waals surface area contributed by atoms with Gasteiger partial charge in [-0.3, -0.25) is 4.79 Å². The molecule has 0 saturated carbocycles. The van der Waals surface area contributed by atoms with Crippen LogP contribution in [-0.4, -0.2) is 27.8 Å². The van der Waals surface area contributed by atoms with Crippen LogP contribution < -0.4 is 5.32 Å². The van der Waals surface area contributed by atoms with E-state index in [1.165, 1.54) is 18.2 Å². The van der Waals surface area contributed by atoms with Gasteiger partial charge in [0.15, 0.2) is 0 Å². The van der Waals surface area contributed by atoms with Crippen LogP contribution in [0.5, 0.6) is 0 Å². The first-order valence-corrected chi connectivity index (χ1v) is 8.65. The van der Waals surface area contributed by atoms with E-state index in [1.54, 1.807) is 6.07 Å². The van der Waals surface area contributed by atoms with E-state index in [0.29, 0.717) is 14.8 Å². The molecule has 2 heterocycles. The minimum atomic E-state index is -4.45. The molecule has 27 heavy (non-hydrogen) atoms. The number of amides is 1. The number of carbonyl (C=O) groups is 1. The number of alkyl halides is 3. The summed E-state index contributed by atoms with van der Waals surface area (Å²) in [7, 11) is 0. The van der Waals surface area contributed by atoms with Crippen LogP contribution in [0.15, 0.2) is 40.9 Å². The van der Waals surface area contributed by atoms with Crippen LogP contribution in [0.1, 0.15) is 27.2 Å². The summed E-state index contributed by atoms with van der Waals surface area (Å²) in [6.07, 6.45) is -4.45. The summed E-state index contributed by atoms with van der Waals surface area (Å²) in [5.74, 6) is -0.533. The van der Waals surface area contributed by atoms with Crippen molar-refractivity contribution in [1.29, 1.82) is 0 Å². The molecule has 0 unspecified atom stereocenters. The molecule has 0 fully saturated rings. The molecule has 0 spiro atoms. The van der Waals surface area contributed by atoms with Gasteiger partial charge in [0.05, 0.1) is 21.4 Å². The smallest absolute Gasteiger partial charge is 0.394 e. The molecule has 0 bridgehead atoms. The van der Waals surface area contributed by atoms with E-state index in [1.807, 2.05) is 0 Å². The molecular formula is C16H11ClF3N3O3S. The van der Waals surface area contributed by atoms with Gasteiger partial charge in [0, 0.05) is 5.56 Å². The molecule has 11 heteroatoms. The molecule has 0 aliphatic rings. The van der Waals surface area contributed by atoms with E-state index in [4.69, 9.17) is 16.1 Å². The molecule has 0 saturated heterocycles. The first-order chi connectivity index (χ1) is 12.8. The molecule has 1 atom stereocenters. The Balaban J connectivity index is 1.76. The number of thiophene rings is 1. The number of rotatable bonds is 5. The van der Waals surface area contributed by atoms with E-state index in [9.17, 15) is 23.1 Å². The molecule has 0 radical (unpaired) electrons. The van der Waals surface area contributed by atoms with Crippen molar-refractivity contribution in [2.75, 3.05) is 6.61 Å². The zero-order valence-electron chi connectivity index (χ0n) is 13.3. The largest absolute Gasteiger partial charge is 0.416 e. The number of benzene rings is 1. The number of nitrogens with zero attached hydrogens (tertiary/aromatic N) is 2. The summed E-state index contributed by atoms with van der Waals surface area (Å²) >= 11 is 6.84. The zero-order chi connectivity index (χ0) is 19.6. The Morgan fingerprint density at radius 3 is 2.52 bits per heavy atom. The zero-order valence-corrected chi connectivity index (χ0v) is 14.9. The van der Waals surface area contributed by atoms with Crippen molar-refractivity contribution < 1.29 is 27.6 Å². The maximum Gasteiger partial charge on any atom is 0.416 e. The third-order valence-electron chi connectivity index (χ3n) is 3.50. The molecule has 1 aromatic carbocycles. The van der Waals surface area contributed by atoms with Crippen molar-refractivity contribution in [3.05, 3.63) is 57.1 Å². The van der Waals surface area contributed by atoms with Crippen molar-refractivity contribution in [2.45, 2.75) is 12.2 Å². The monoisotopic (exact) mass is 417 g/mol.